The number of aromatic nitrogens is 2. The number of benzene rings is 2. The van der Waals surface area contributed by atoms with E-state index in [2.05, 4.69) is 20.7 Å². The number of nitrogens with one attached hydrogen (secondary N) is 2. The molecule has 8 nitrogen and oxygen atoms in total. The minimum atomic E-state index is -0.429. The van der Waals surface area contributed by atoms with Gasteiger partial charge < -0.3 is 14.6 Å². The van der Waals surface area contributed by atoms with Crippen LogP contribution in [-0.2, 0) is 0 Å². The first-order valence-electron chi connectivity index (χ1n) is 8.59. The fourth-order valence-corrected chi connectivity index (χ4v) is 2.50. The molecule has 0 aliphatic carbocycles. The van der Waals surface area contributed by atoms with Crippen molar-refractivity contribution in [1.82, 2.24) is 15.6 Å². The van der Waals surface area contributed by atoms with Gasteiger partial charge in [0.1, 0.15) is 11.4 Å². The van der Waals surface area contributed by atoms with Crippen LogP contribution in [0.3, 0.4) is 0 Å². The molecule has 0 fully saturated rings. The highest BCUT2D eigenvalue weighted by Crippen LogP contribution is 2.25. The molecule has 3 N–H and O–H groups in total. The van der Waals surface area contributed by atoms with Gasteiger partial charge in [-0.1, -0.05) is 12.1 Å². The van der Waals surface area contributed by atoms with E-state index in [1.54, 1.807) is 18.2 Å². The van der Waals surface area contributed by atoms with Crippen molar-refractivity contribution >= 4 is 12.1 Å². The van der Waals surface area contributed by atoms with Crippen molar-refractivity contribution in [2.24, 2.45) is 5.10 Å². The molecular weight excluding hydrogens is 360 g/mol. The standard InChI is InChI=1S/C20H20N4O4/c1-3-28-15-6-4-5-14(10-15)16-11-17(23-22-16)20(26)24-21-12-13-7-8-18(25)19(9-13)27-2/h4-12,25H,3H2,1-2H3,(H,22,23)(H,24,26). The molecule has 8 heteroatoms. The first kappa shape index (κ1) is 19.0. The first-order chi connectivity index (χ1) is 13.6. The van der Waals surface area contributed by atoms with E-state index in [1.165, 1.54) is 19.4 Å². The van der Waals surface area contributed by atoms with Gasteiger partial charge in [0, 0.05) is 5.56 Å². The van der Waals surface area contributed by atoms with Gasteiger partial charge in [0.25, 0.3) is 5.91 Å². The van der Waals surface area contributed by atoms with E-state index in [4.69, 9.17) is 9.47 Å². The number of aromatic amines is 1. The highest BCUT2D eigenvalue weighted by molar-refractivity contribution is 5.94. The van der Waals surface area contributed by atoms with E-state index in [-0.39, 0.29) is 11.4 Å². The molecule has 0 bridgehead atoms. The summed E-state index contributed by atoms with van der Waals surface area (Å²) in [5, 5.41) is 20.4. The van der Waals surface area contributed by atoms with Crippen LogP contribution in [0.5, 0.6) is 17.2 Å². The van der Waals surface area contributed by atoms with Crippen LogP contribution in [0.15, 0.2) is 53.6 Å². The van der Waals surface area contributed by atoms with Gasteiger partial charge in [-0.05, 0) is 48.9 Å². The Morgan fingerprint density at radius 2 is 2.14 bits per heavy atom. The predicted octanol–water partition coefficient (Wildman–Crippen LogP) is 2.95. The second-order valence-electron chi connectivity index (χ2n) is 5.76. The number of phenolic OH excluding ortho intramolecular Hbond substituents is 1. The molecule has 0 saturated carbocycles. The number of carbonyl (C=O) groups is 1. The summed E-state index contributed by atoms with van der Waals surface area (Å²) < 4.78 is 10.5. The van der Waals surface area contributed by atoms with Crippen LogP contribution >= 0.6 is 0 Å². The van der Waals surface area contributed by atoms with E-state index in [1.807, 2.05) is 31.2 Å². The molecule has 0 radical (unpaired) electrons. The van der Waals surface area contributed by atoms with Crippen LogP contribution in [0.1, 0.15) is 23.0 Å². The van der Waals surface area contributed by atoms with Crippen molar-refractivity contribution in [3.63, 3.8) is 0 Å². The van der Waals surface area contributed by atoms with E-state index in [0.717, 1.165) is 11.3 Å². The molecule has 0 spiro atoms. The molecule has 1 aromatic heterocycles. The molecule has 0 unspecified atom stereocenters. The van der Waals surface area contributed by atoms with Gasteiger partial charge in [0.05, 0.1) is 25.6 Å². The topological polar surface area (TPSA) is 109 Å². The van der Waals surface area contributed by atoms with Crippen LogP contribution in [-0.4, -0.2) is 41.1 Å². The number of hydrogen-bond donors (Lipinski definition) is 3. The summed E-state index contributed by atoms with van der Waals surface area (Å²) in [7, 11) is 1.46. The minimum absolute atomic E-state index is 0.0297. The highest BCUT2D eigenvalue weighted by atomic mass is 16.5. The molecule has 3 rings (SSSR count). The Morgan fingerprint density at radius 1 is 1.29 bits per heavy atom. The lowest BCUT2D eigenvalue weighted by atomic mass is 10.1. The van der Waals surface area contributed by atoms with Crippen LogP contribution in [0, 0.1) is 0 Å². The molecular formula is C20H20N4O4. The zero-order chi connectivity index (χ0) is 19.9. The van der Waals surface area contributed by atoms with E-state index >= 15 is 0 Å². The Morgan fingerprint density at radius 3 is 2.93 bits per heavy atom. The number of carbonyl (C=O) groups excluding carboxylic acids is 1. The number of phenols is 1. The van der Waals surface area contributed by atoms with Crippen molar-refractivity contribution < 1.29 is 19.4 Å². The van der Waals surface area contributed by atoms with Crippen LogP contribution < -0.4 is 14.9 Å². The van der Waals surface area contributed by atoms with Gasteiger partial charge >= 0.3 is 0 Å². The normalized spacial score (nSPS) is 10.8. The Balaban J connectivity index is 1.66. The van der Waals surface area contributed by atoms with Crippen LogP contribution in [0.4, 0.5) is 0 Å². The molecule has 0 saturated heterocycles. The molecule has 3 aromatic rings. The maximum absolute atomic E-state index is 12.2. The molecule has 1 heterocycles. The lowest BCUT2D eigenvalue weighted by Gasteiger charge is -2.03. The zero-order valence-corrected chi connectivity index (χ0v) is 15.5. The van der Waals surface area contributed by atoms with Crippen molar-refractivity contribution in [3.8, 4) is 28.5 Å². The Bertz CT molecular complexity index is 997. The molecule has 0 aliphatic rings. The maximum atomic E-state index is 12.2. The lowest BCUT2D eigenvalue weighted by Crippen LogP contribution is -2.18. The Kier molecular flexibility index (Phi) is 5.91. The molecule has 2 aromatic carbocycles. The number of nitrogens with zero attached hydrogens (tertiary/aromatic N) is 2. The summed E-state index contributed by atoms with van der Waals surface area (Å²) in [6, 6.07) is 13.8. The largest absolute Gasteiger partial charge is 0.504 e. The van der Waals surface area contributed by atoms with Crippen molar-refractivity contribution in [2.75, 3.05) is 13.7 Å². The SMILES string of the molecule is CCOc1cccc(-c2cc(C(=O)NN=Cc3ccc(O)c(OC)c3)[nH]n2)c1. The van der Waals surface area contributed by atoms with Gasteiger partial charge in [-0.3, -0.25) is 9.89 Å². The van der Waals surface area contributed by atoms with Gasteiger partial charge in [-0.2, -0.15) is 10.2 Å². The van der Waals surface area contributed by atoms with Crippen molar-refractivity contribution in [1.29, 1.82) is 0 Å². The second kappa shape index (κ2) is 8.72. The number of hydrogen-bond acceptors (Lipinski definition) is 6. The third-order valence-electron chi connectivity index (χ3n) is 3.85. The fraction of sp³-hybridized carbons (Fsp3) is 0.150. The maximum Gasteiger partial charge on any atom is 0.289 e. The monoisotopic (exact) mass is 380 g/mol. The fourth-order valence-electron chi connectivity index (χ4n) is 2.50. The zero-order valence-electron chi connectivity index (χ0n) is 15.5. The van der Waals surface area contributed by atoms with Crippen molar-refractivity contribution in [3.05, 3.63) is 59.8 Å². The Hall–Kier alpha value is -3.81. The average molecular weight is 380 g/mol. The lowest BCUT2D eigenvalue weighted by molar-refractivity contribution is 0.0950. The summed E-state index contributed by atoms with van der Waals surface area (Å²) in [6.45, 7) is 2.49. The van der Waals surface area contributed by atoms with Gasteiger partial charge in [-0.25, -0.2) is 5.43 Å². The summed E-state index contributed by atoms with van der Waals surface area (Å²) in [6.07, 6.45) is 1.45. The summed E-state index contributed by atoms with van der Waals surface area (Å²) in [4.78, 5) is 12.2. The molecule has 144 valence electrons. The van der Waals surface area contributed by atoms with E-state index in [0.29, 0.717) is 23.6 Å². The quantitative estimate of drug-likeness (QED) is 0.431. The van der Waals surface area contributed by atoms with Crippen molar-refractivity contribution in [2.45, 2.75) is 6.92 Å². The van der Waals surface area contributed by atoms with E-state index in [9.17, 15) is 9.90 Å². The first-order valence-corrected chi connectivity index (χ1v) is 8.59. The minimum Gasteiger partial charge on any atom is -0.504 e. The number of aromatic hydroxyl groups is 1. The third kappa shape index (κ3) is 4.47. The number of amides is 1. The molecule has 0 atom stereocenters. The van der Waals surface area contributed by atoms with E-state index < -0.39 is 5.91 Å². The molecule has 1 amide bonds. The number of hydrazone groups is 1. The summed E-state index contributed by atoms with van der Waals surface area (Å²) in [5.74, 6) is 0.662. The van der Waals surface area contributed by atoms with Crippen LogP contribution in [0.25, 0.3) is 11.3 Å². The predicted molar refractivity (Wildman–Crippen MR) is 105 cm³/mol. The summed E-state index contributed by atoms with van der Waals surface area (Å²) >= 11 is 0. The molecule has 0 aliphatic heterocycles. The second-order valence-corrected chi connectivity index (χ2v) is 5.76. The molecule has 28 heavy (non-hydrogen) atoms. The number of rotatable bonds is 7. The summed E-state index contributed by atoms with van der Waals surface area (Å²) in [5.41, 5.74) is 4.82. The Labute approximate surface area is 161 Å². The van der Waals surface area contributed by atoms with Gasteiger partial charge in [0.2, 0.25) is 0 Å². The third-order valence-corrected chi connectivity index (χ3v) is 3.85. The van der Waals surface area contributed by atoms with Gasteiger partial charge in [-0.15, -0.1) is 0 Å². The van der Waals surface area contributed by atoms with Gasteiger partial charge in [0.15, 0.2) is 11.5 Å². The number of ether oxygens (including phenoxy) is 2. The smallest absolute Gasteiger partial charge is 0.289 e. The average Bonchev–Trinajstić information content (AvgIpc) is 3.20. The van der Waals surface area contributed by atoms with Crippen LogP contribution in [0.2, 0.25) is 0 Å². The number of H-pyrrole nitrogens is 1. The number of methoxy groups -OCH3 is 1. The highest BCUT2D eigenvalue weighted by Gasteiger charge is 2.11.